The van der Waals surface area contributed by atoms with Gasteiger partial charge >= 0.3 is 6.09 Å². The van der Waals surface area contributed by atoms with Gasteiger partial charge in [-0.05, 0) is 23.8 Å². The van der Waals surface area contributed by atoms with E-state index < -0.39 is 17.8 Å². The molecule has 0 aliphatic rings. The van der Waals surface area contributed by atoms with E-state index in [1.165, 1.54) is 29.2 Å². The van der Waals surface area contributed by atoms with E-state index in [1.54, 1.807) is 0 Å². The van der Waals surface area contributed by atoms with E-state index in [2.05, 4.69) is 10.4 Å². The summed E-state index contributed by atoms with van der Waals surface area (Å²) in [6, 6.07) is 13.2. The van der Waals surface area contributed by atoms with E-state index >= 15 is 0 Å². The zero-order valence-electron chi connectivity index (χ0n) is 13.6. The van der Waals surface area contributed by atoms with Crippen LogP contribution in [0.25, 0.3) is 5.69 Å². The maximum Gasteiger partial charge on any atom is 0.411 e. The molecular formula is C18H15FN4O3. The molecule has 0 unspecified atom stereocenters. The van der Waals surface area contributed by atoms with Crippen LogP contribution in [-0.4, -0.2) is 21.8 Å². The summed E-state index contributed by atoms with van der Waals surface area (Å²) in [7, 11) is 0. The minimum Gasteiger partial charge on any atom is -0.444 e. The van der Waals surface area contributed by atoms with Gasteiger partial charge in [-0.2, -0.15) is 5.10 Å². The Morgan fingerprint density at radius 1 is 1.19 bits per heavy atom. The van der Waals surface area contributed by atoms with E-state index in [0.717, 1.165) is 11.6 Å². The molecule has 132 valence electrons. The van der Waals surface area contributed by atoms with Crippen LogP contribution >= 0.6 is 0 Å². The number of carbonyl (C=O) groups is 2. The molecule has 26 heavy (non-hydrogen) atoms. The number of nitrogens with zero attached hydrogens (tertiary/aromatic N) is 2. The van der Waals surface area contributed by atoms with Gasteiger partial charge in [0, 0.05) is 11.9 Å². The molecule has 3 rings (SSSR count). The molecule has 1 heterocycles. The van der Waals surface area contributed by atoms with Crippen molar-refractivity contribution in [2.24, 2.45) is 5.73 Å². The third kappa shape index (κ3) is 4.04. The number of nitrogens with one attached hydrogen (secondary N) is 1. The van der Waals surface area contributed by atoms with Crippen molar-refractivity contribution < 1.29 is 18.7 Å². The lowest BCUT2D eigenvalue weighted by atomic mass is 10.2. The van der Waals surface area contributed by atoms with Crippen LogP contribution in [0.1, 0.15) is 15.9 Å². The van der Waals surface area contributed by atoms with Crippen LogP contribution in [0.2, 0.25) is 0 Å². The Kier molecular flexibility index (Phi) is 4.93. The molecule has 0 fully saturated rings. The lowest BCUT2D eigenvalue weighted by molar-refractivity contribution is 0.1000. The van der Waals surface area contributed by atoms with Gasteiger partial charge in [-0.3, -0.25) is 10.1 Å². The number of amides is 2. The van der Waals surface area contributed by atoms with Gasteiger partial charge in [-0.25, -0.2) is 13.9 Å². The number of ether oxygens (including phenoxy) is 1. The molecule has 3 N–H and O–H groups in total. The number of anilines is 1. The Balaban J connectivity index is 1.65. The molecule has 7 nitrogen and oxygen atoms in total. The summed E-state index contributed by atoms with van der Waals surface area (Å²) >= 11 is 0. The van der Waals surface area contributed by atoms with E-state index in [1.807, 2.05) is 30.3 Å². The van der Waals surface area contributed by atoms with Crippen LogP contribution in [0.5, 0.6) is 0 Å². The molecule has 1 aromatic heterocycles. The number of primary amides is 1. The number of benzene rings is 2. The predicted molar refractivity (Wildman–Crippen MR) is 92.3 cm³/mol. The van der Waals surface area contributed by atoms with Gasteiger partial charge in [0.25, 0.3) is 5.91 Å². The van der Waals surface area contributed by atoms with Crippen LogP contribution in [-0.2, 0) is 11.3 Å². The number of carbonyl (C=O) groups excluding carboxylic acids is 2. The second-order valence-corrected chi connectivity index (χ2v) is 5.39. The van der Waals surface area contributed by atoms with Crippen molar-refractivity contribution in [2.45, 2.75) is 6.61 Å². The monoisotopic (exact) mass is 354 g/mol. The summed E-state index contributed by atoms with van der Waals surface area (Å²) < 4.78 is 20.5. The predicted octanol–water partition coefficient (Wildman–Crippen LogP) is 2.86. The minimum absolute atomic E-state index is 0.108. The molecule has 0 radical (unpaired) electrons. The molecule has 0 bridgehead atoms. The van der Waals surface area contributed by atoms with Crippen LogP contribution in [0.3, 0.4) is 0 Å². The van der Waals surface area contributed by atoms with Crippen LogP contribution in [0.15, 0.2) is 60.9 Å². The average molecular weight is 354 g/mol. The van der Waals surface area contributed by atoms with E-state index in [9.17, 15) is 14.0 Å². The molecule has 0 aliphatic heterocycles. The summed E-state index contributed by atoms with van der Waals surface area (Å²) in [5.74, 6) is -1.29. The summed E-state index contributed by atoms with van der Waals surface area (Å²) in [6.45, 7) is 0.108. The molecule has 2 amide bonds. The Labute approximate surface area is 148 Å². The largest absolute Gasteiger partial charge is 0.444 e. The summed E-state index contributed by atoms with van der Waals surface area (Å²) in [5.41, 5.74) is 6.49. The zero-order valence-corrected chi connectivity index (χ0v) is 13.6. The van der Waals surface area contributed by atoms with E-state index in [-0.39, 0.29) is 23.5 Å². The third-order valence-corrected chi connectivity index (χ3v) is 3.52. The first-order chi connectivity index (χ1) is 12.5. The van der Waals surface area contributed by atoms with Gasteiger partial charge in [0.1, 0.15) is 12.3 Å². The minimum atomic E-state index is -0.698. The first-order valence-corrected chi connectivity index (χ1v) is 7.65. The normalized spacial score (nSPS) is 10.3. The molecule has 8 heteroatoms. The van der Waals surface area contributed by atoms with Crippen LogP contribution in [0, 0.1) is 5.82 Å². The van der Waals surface area contributed by atoms with Gasteiger partial charge in [-0.15, -0.1) is 0 Å². The topological polar surface area (TPSA) is 99.2 Å². The SMILES string of the molecule is NC(=O)c1cnn(-c2ccc(NC(=O)OCc3ccccc3)cc2F)c1. The standard InChI is InChI=1S/C18H15FN4O3/c19-15-8-14(22-18(25)26-11-12-4-2-1-3-5-12)6-7-16(15)23-10-13(9-21-23)17(20)24/h1-10H,11H2,(H2,20,24)(H,22,25). The third-order valence-electron chi connectivity index (χ3n) is 3.52. The molecule has 0 spiro atoms. The van der Waals surface area contributed by atoms with Crippen molar-refractivity contribution in [3.63, 3.8) is 0 Å². The summed E-state index contributed by atoms with van der Waals surface area (Å²) in [6.07, 6.45) is 1.87. The second-order valence-electron chi connectivity index (χ2n) is 5.39. The van der Waals surface area contributed by atoms with E-state index in [4.69, 9.17) is 10.5 Å². The molecular weight excluding hydrogens is 339 g/mol. The first-order valence-electron chi connectivity index (χ1n) is 7.65. The molecule has 2 aromatic carbocycles. The van der Waals surface area contributed by atoms with Crippen molar-refractivity contribution in [1.29, 1.82) is 0 Å². The summed E-state index contributed by atoms with van der Waals surface area (Å²) in [5, 5.41) is 6.34. The van der Waals surface area contributed by atoms with Gasteiger partial charge in [0.15, 0.2) is 5.82 Å². The summed E-state index contributed by atoms with van der Waals surface area (Å²) in [4.78, 5) is 22.9. The highest BCUT2D eigenvalue weighted by Gasteiger charge is 2.11. The number of rotatable bonds is 5. The van der Waals surface area contributed by atoms with Gasteiger partial charge in [0.2, 0.25) is 0 Å². The number of hydrogen-bond acceptors (Lipinski definition) is 4. The highest BCUT2D eigenvalue weighted by molar-refractivity contribution is 5.92. The number of nitrogens with two attached hydrogens (primary N) is 1. The number of aromatic nitrogens is 2. The average Bonchev–Trinajstić information content (AvgIpc) is 3.11. The van der Waals surface area contributed by atoms with Crippen molar-refractivity contribution in [2.75, 3.05) is 5.32 Å². The lowest BCUT2D eigenvalue weighted by Gasteiger charge is -2.09. The first kappa shape index (κ1) is 17.2. The van der Waals surface area contributed by atoms with Crippen molar-refractivity contribution in [1.82, 2.24) is 9.78 Å². The van der Waals surface area contributed by atoms with Gasteiger partial charge in [0.05, 0.1) is 11.8 Å². The fourth-order valence-electron chi connectivity index (χ4n) is 2.23. The fourth-order valence-corrected chi connectivity index (χ4v) is 2.23. The molecule has 3 aromatic rings. The zero-order chi connectivity index (χ0) is 18.5. The molecule has 0 aliphatic carbocycles. The molecule has 0 saturated carbocycles. The highest BCUT2D eigenvalue weighted by atomic mass is 19.1. The molecule has 0 atom stereocenters. The van der Waals surface area contributed by atoms with Crippen molar-refractivity contribution in [3.05, 3.63) is 77.9 Å². The van der Waals surface area contributed by atoms with Gasteiger partial charge < -0.3 is 10.5 Å². The van der Waals surface area contributed by atoms with Crippen LogP contribution < -0.4 is 11.1 Å². The lowest BCUT2D eigenvalue weighted by Crippen LogP contribution is -2.14. The Bertz CT molecular complexity index is 941. The Morgan fingerprint density at radius 2 is 1.96 bits per heavy atom. The fraction of sp³-hybridized carbons (Fsp3) is 0.0556. The Hall–Kier alpha value is -3.68. The van der Waals surface area contributed by atoms with Crippen LogP contribution in [0.4, 0.5) is 14.9 Å². The quantitative estimate of drug-likeness (QED) is 0.736. The maximum absolute atomic E-state index is 14.3. The molecule has 0 saturated heterocycles. The Morgan fingerprint density at radius 3 is 2.62 bits per heavy atom. The number of halogens is 1. The van der Waals surface area contributed by atoms with Gasteiger partial charge in [-0.1, -0.05) is 30.3 Å². The van der Waals surface area contributed by atoms with Crippen molar-refractivity contribution >= 4 is 17.7 Å². The number of hydrogen-bond donors (Lipinski definition) is 2. The highest BCUT2D eigenvalue weighted by Crippen LogP contribution is 2.18. The van der Waals surface area contributed by atoms with E-state index in [0.29, 0.717) is 0 Å². The smallest absolute Gasteiger partial charge is 0.411 e. The second kappa shape index (κ2) is 7.47. The maximum atomic E-state index is 14.3. The van der Waals surface area contributed by atoms with Crippen molar-refractivity contribution in [3.8, 4) is 5.69 Å².